The zero-order chi connectivity index (χ0) is 14.8. The Kier molecular flexibility index (Phi) is 4.03. The highest BCUT2D eigenvalue weighted by molar-refractivity contribution is 6.01. The maximum absolute atomic E-state index is 12.6. The van der Waals surface area contributed by atoms with Crippen LogP contribution in [-0.4, -0.2) is 17.9 Å². The molecule has 1 unspecified atom stereocenters. The average Bonchev–Trinajstić information content (AvgIpc) is 2.27. The molecule has 1 aromatic carbocycles. The zero-order valence-electron chi connectivity index (χ0n) is 9.91. The predicted octanol–water partition coefficient (Wildman–Crippen LogP) is 0.891. The first-order valence-electron chi connectivity index (χ1n) is 5.20. The SMILES string of the molecule is CC(NC(=O)c1cccc(C(F)(F)F)c1N)C(N)=O. The molecule has 104 valence electrons. The smallest absolute Gasteiger partial charge is 0.398 e. The van der Waals surface area contributed by atoms with Crippen LogP contribution in [-0.2, 0) is 11.0 Å². The maximum atomic E-state index is 12.6. The Morgan fingerprint density at radius 1 is 1.32 bits per heavy atom. The summed E-state index contributed by atoms with van der Waals surface area (Å²) < 4.78 is 37.8. The Hall–Kier alpha value is -2.25. The number of amides is 2. The zero-order valence-corrected chi connectivity index (χ0v) is 9.91. The van der Waals surface area contributed by atoms with Gasteiger partial charge in [0.2, 0.25) is 5.91 Å². The predicted molar refractivity (Wildman–Crippen MR) is 62.0 cm³/mol. The summed E-state index contributed by atoms with van der Waals surface area (Å²) in [5.41, 5.74) is 8.11. The van der Waals surface area contributed by atoms with Crippen molar-refractivity contribution in [1.29, 1.82) is 0 Å². The van der Waals surface area contributed by atoms with Gasteiger partial charge in [-0.2, -0.15) is 13.2 Å². The lowest BCUT2D eigenvalue weighted by Crippen LogP contribution is -2.42. The second-order valence-electron chi connectivity index (χ2n) is 3.86. The molecular weight excluding hydrogens is 263 g/mol. The van der Waals surface area contributed by atoms with E-state index < -0.39 is 35.3 Å². The number of halogens is 3. The van der Waals surface area contributed by atoms with E-state index in [0.29, 0.717) is 0 Å². The van der Waals surface area contributed by atoms with Crippen molar-refractivity contribution in [3.63, 3.8) is 0 Å². The summed E-state index contributed by atoms with van der Waals surface area (Å²) in [6.45, 7) is 1.31. The third-order valence-electron chi connectivity index (χ3n) is 2.43. The minimum absolute atomic E-state index is 0.358. The van der Waals surface area contributed by atoms with Crippen LogP contribution in [0.15, 0.2) is 18.2 Å². The molecule has 0 saturated carbocycles. The molecule has 0 saturated heterocycles. The fourth-order valence-electron chi connectivity index (χ4n) is 1.36. The standard InChI is InChI=1S/C11H12F3N3O2/c1-5(9(16)18)17-10(19)6-3-2-4-7(8(6)15)11(12,13)14/h2-5H,15H2,1H3,(H2,16,18)(H,17,19). The number of carbonyl (C=O) groups excluding carboxylic acids is 2. The molecule has 0 radical (unpaired) electrons. The quantitative estimate of drug-likeness (QED) is 0.714. The molecule has 0 aromatic heterocycles. The first-order chi connectivity index (χ1) is 8.64. The van der Waals surface area contributed by atoms with Crippen LogP contribution in [0, 0.1) is 0 Å². The number of nitrogens with one attached hydrogen (secondary N) is 1. The number of carbonyl (C=O) groups is 2. The van der Waals surface area contributed by atoms with Gasteiger partial charge < -0.3 is 16.8 Å². The lowest BCUT2D eigenvalue weighted by Gasteiger charge is -2.15. The second kappa shape index (κ2) is 5.17. The summed E-state index contributed by atoms with van der Waals surface area (Å²) in [7, 11) is 0. The monoisotopic (exact) mass is 275 g/mol. The number of nitrogen functional groups attached to an aromatic ring is 1. The van der Waals surface area contributed by atoms with Crippen LogP contribution in [0.2, 0.25) is 0 Å². The van der Waals surface area contributed by atoms with Gasteiger partial charge in [-0.25, -0.2) is 0 Å². The van der Waals surface area contributed by atoms with Gasteiger partial charge in [0.05, 0.1) is 16.8 Å². The highest BCUT2D eigenvalue weighted by atomic mass is 19.4. The summed E-state index contributed by atoms with van der Waals surface area (Å²) in [5.74, 6) is -1.70. The number of hydrogen-bond donors (Lipinski definition) is 3. The molecule has 8 heteroatoms. The van der Waals surface area contributed by atoms with Gasteiger partial charge in [0, 0.05) is 0 Å². The Labute approximate surface area is 106 Å². The average molecular weight is 275 g/mol. The van der Waals surface area contributed by atoms with E-state index in [-0.39, 0.29) is 5.56 Å². The van der Waals surface area contributed by atoms with Crippen LogP contribution >= 0.6 is 0 Å². The Morgan fingerprint density at radius 3 is 2.37 bits per heavy atom. The normalized spacial score (nSPS) is 12.8. The molecule has 0 bridgehead atoms. The largest absolute Gasteiger partial charge is 0.418 e. The van der Waals surface area contributed by atoms with Crippen molar-refractivity contribution in [3.05, 3.63) is 29.3 Å². The first kappa shape index (κ1) is 14.8. The lowest BCUT2D eigenvalue weighted by atomic mass is 10.1. The number of nitrogens with two attached hydrogens (primary N) is 2. The third kappa shape index (κ3) is 3.36. The number of hydrogen-bond acceptors (Lipinski definition) is 3. The minimum Gasteiger partial charge on any atom is -0.398 e. The molecule has 5 nitrogen and oxygen atoms in total. The summed E-state index contributed by atoms with van der Waals surface area (Å²) in [5, 5.41) is 2.15. The van der Waals surface area contributed by atoms with E-state index in [1.54, 1.807) is 0 Å². The van der Waals surface area contributed by atoms with E-state index in [2.05, 4.69) is 5.32 Å². The second-order valence-corrected chi connectivity index (χ2v) is 3.86. The van der Waals surface area contributed by atoms with Crippen molar-refractivity contribution in [2.45, 2.75) is 19.1 Å². The van der Waals surface area contributed by atoms with Crippen molar-refractivity contribution in [2.24, 2.45) is 5.73 Å². The van der Waals surface area contributed by atoms with E-state index in [4.69, 9.17) is 11.5 Å². The van der Waals surface area contributed by atoms with Crippen LogP contribution < -0.4 is 16.8 Å². The molecule has 0 aliphatic carbocycles. The number of rotatable bonds is 3. The molecular formula is C11H12F3N3O2. The Bertz CT molecular complexity index is 514. The van der Waals surface area contributed by atoms with Crippen LogP contribution in [0.1, 0.15) is 22.8 Å². The minimum atomic E-state index is -4.66. The van der Waals surface area contributed by atoms with Gasteiger partial charge in [-0.1, -0.05) is 6.07 Å². The molecule has 1 rings (SSSR count). The van der Waals surface area contributed by atoms with E-state index in [9.17, 15) is 22.8 Å². The molecule has 0 heterocycles. The van der Waals surface area contributed by atoms with Gasteiger partial charge in [-0.05, 0) is 19.1 Å². The maximum Gasteiger partial charge on any atom is 0.418 e. The number of anilines is 1. The van der Waals surface area contributed by atoms with Crippen molar-refractivity contribution < 1.29 is 22.8 Å². The van der Waals surface area contributed by atoms with Crippen molar-refractivity contribution in [2.75, 3.05) is 5.73 Å². The van der Waals surface area contributed by atoms with Crippen LogP contribution in [0.3, 0.4) is 0 Å². The molecule has 2 amide bonds. The topological polar surface area (TPSA) is 98.2 Å². The van der Waals surface area contributed by atoms with Crippen molar-refractivity contribution in [1.82, 2.24) is 5.32 Å². The molecule has 0 spiro atoms. The fraction of sp³-hybridized carbons (Fsp3) is 0.273. The summed E-state index contributed by atoms with van der Waals surface area (Å²) >= 11 is 0. The van der Waals surface area contributed by atoms with Crippen LogP contribution in [0.4, 0.5) is 18.9 Å². The fourth-order valence-corrected chi connectivity index (χ4v) is 1.36. The number of alkyl halides is 3. The van der Waals surface area contributed by atoms with E-state index in [0.717, 1.165) is 18.2 Å². The molecule has 0 aliphatic heterocycles. The number of para-hydroxylation sites is 1. The van der Waals surface area contributed by atoms with E-state index in [1.807, 2.05) is 0 Å². The highest BCUT2D eigenvalue weighted by Crippen LogP contribution is 2.34. The number of benzene rings is 1. The summed E-state index contributed by atoms with van der Waals surface area (Å²) in [6, 6.07) is 1.95. The van der Waals surface area contributed by atoms with Crippen molar-refractivity contribution in [3.8, 4) is 0 Å². The van der Waals surface area contributed by atoms with Crippen LogP contribution in [0.25, 0.3) is 0 Å². The molecule has 1 atom stereocenters. The number of primary amides is 1. The first-order valence-corrected chi connectivity index (χ1v) is 5.20. The molecule has 1 aromatic rings. The van der Waals surface area contributed by atoms with Crippen LogP contribution in [0.5, 0.6) is 0 Å². The molecule has 0 aliphatic rings. The Balaban J connectivity index is 3.09. The van der Waals surface area contributed by atoms with E-state index >= 15 is 0 Å². The van der Waals surface area contributed by atoms with Gasteiger partial charge in [0.15, 0.2) is 0 Å². The van der Waals surface area contributed by atoms with Gasteiger partial charge in [-0.15, -0.1) is 0 Å². The van der Waals surface area contributed by atoms with E-state index in [1.165, 1.54) is 6.92 Å². The molecule has 19 heavy (non-hydrogen) atoms. The Morgan fingerprint density at radius 2 is 1.89 bits per heavy atom. The highest BCUT2D eigenvalue weighted by Gasteiger charge is 2.34. The van der Waals surface area contributed by atoms with Gasteiger partial charge >= 0.3 is 6.18 Å². The van der Waals surface area contributed by atoms with Gasteiger partial charge in [-0.3, -0.25) is 9.59 Å². The van der Waals surface area contributed by atoms with Gasteiger partial charge in [0.1, 0.15) is 6.04 Å². The third-order valence-corrected chi connectivity index (χ3v) is 2.43. The van der Waals surface area contributed by atoms with Crippen molar-refractivity contribution >= 4 is 17.5 Å². The lowest BCUT2D eigenvalue weighted by molar-refractivity contribution is -0.137. The summed E-state index contributed by atoms with van der Waals surface area (Å²) in [4.78, 5) is 22.5. The molecule has 0 fully saturated rings. The molecule has 5 N–H and O–H groups in total. The summed E-state index contributed by atoms with van der Waals surface area (Å²) in [6.07, 6.45) is -4.66. The van der Waals surface area contributed by atoms with Gasteiger partial charge in [0.25, 0.3) is 5.91 Å².